The Balaban J connectivity index is 1.88. The smallest absolute Gasteiger partial charge is 0.233 e. The first-order valence-electron chi connectivity index (χ1n) is 5.08. The minimum Gasteiger partial charge on any atom is -0.391 e. The van der Waals surface area contributed by atoms with E-state index in [9.17, 15) is 5.11 Å². The Kier molecular flexibility index (Phi) is 2.45. The van der Waals surface area contributed by atoms with Crippen molar-refractivity contribution in [3.05, 3.63) is 24.2 Å². The molecule has 2 aromatic rings. The number of nitrogens with one attached hydrogen (secondary N) is 1. The third-order valence-corrected chi connectivity index (χ3v) is 3.82. The first kappa shape index (κ1) is 9.92. The van der Waals surface area contributed by atoms with Gasteiger partial charge < -0.3 is 14.6 Å². The van der Waals surface area contributed by atoms with Crippen LogP contribution in [0.25, 0.3) is 11.5 Å². The van der Waals surface area contributed by atoms with Gasteiger partial charge in [0.1, 0.15) is 0 Å². The predicted molar refractivity (Wildman–Crippen MR) is 60.2 cm³/mol. The minimum atomic E-state index is -0.373. The molecule has 2 atom stereocenters. The van der Waals surface area contributed by atoms with Gasteiger partial charge in [0.15, 0.2) is 0 Å². The lowest BCUT2D eigenvalue weighted by molar-refractivity contribution is 0.164. The van der Waals surface area contributed by atoms with E-state index < -0.39 is 0 Å². The van der Waals surface area contributed by atoms with Crippen molar-refractivity contribution in [1.29, 1.82) is 0 Å². The Morgan fingerprint density at radius 1 is 1.50 bits per heavy atom. The van der Waals surface area contributed by atoms with Crippen LogP contribution in [0.5, 0.6) is 0 Å². The summed E-state index contributed by atoms with van der Waals surface area (Å²) in [5.74, 6) is 2.63. The number of H-pyrrole nitrogens is 1. The summed E-state index contributed by atoms with van der Waals surface area (Å²) >= 11 is 1.71. The lowest BCUT2D eigenvalue weighted by atomic mass is 10.1. The van der Waals surface area contributed by atoms with Crippen molar-refractivity contribution in [1.82, 2.24) is 15.1 Å². The molecule has 0 bridgehead atoms. The molecule has 16 heavy (non-hydrogen) atoms. The normalized spacial score (nSPS) is 25.1. The number of rotatable bonds is 2. The summed E-state index contributed by atoms with van der Waals surface area (Å²) in [6, 6.07) is 3.76. The first-order chi connectivity index (χ1) is 7.84. The number of hydrogen-bond donors (Lipinski definition) is 2. The lowest BCUT2D eigenvalue weighted by Gasteiger charge is -2.06. The fourth-order valence-electron chi connectivity index (χ4n) is 1.74. The van der Waals surface area contributed by atoms with Crippen LogP contribution in [0.2, 0.25) is 0 Å². The van der Waals surface area contributed by atoms with Crippen LogP contribution in [0, 0.1) is 0 Å². The third kappa shape index (κ3) is 1.64. The number of aromatic nitrogens is 3. The minimum absolute atomic E-state index is 0.0267. The Labute approximate surface area is 96.3 Å². The van der Waals surface area contributed by atoms with E-state index in [0.717, 1.165) is 17.2 Å². The molecular weight excluding hydrogens is 226 g/mol. The zero-order valence-electron chi connectivity index (χ0n) is 8.46. The zero-order valence-corrected chi connectivity index (χ0v) is 9.28. The predicted octanol–water partition coefficient (Wildman–Crippen LogP) is 1.26. The lowest BCUT2D eigenvalue weighted by Crippen LogP contribution is -2.15. The molecule has 2 aromatic heterocycles. The summed E-state index contributed by atoms with van der Waals surface area (Å²) in [6.45, 7) is 0. The standard InChI is InChI=1S/C10H11N3O2S/c14-8-5-16-4-6(8)10-12-9(13-15-10)7-2-1-3-11-7/h1-3,6,8,11,14H,4-5H2. The fraction of sp³-hybridized carbons (Fsp3) is 0.400. The molecule has 0 amide bonds. The molecule has 5 nitrogen and oxygen atoms in total. The van der Waals surface area contributed by atoms with E-state index in [1.54, 1.807) is 11.8 Å². The molecule has 1 aliphatic rings. The van der Waals surface area contributed by atoms with Crippen molar-refractivity contribution >= 4 is 11.8 Å². The Morgan fingerprint density at radius 3 is 3.12 bits per heavy atom. The number of aliphatic hydroxyl groups excluding tert-OH is 1. The number of thioether (sulfide) groups is 1. The maximum Gasteiger partial charge on any atom is 0.233 e. The first-order valence-corrected chi connectivity index (χ1v) is 6.23. The second-order valence-electron chi connectivity index (χ2n) is 3.75. The highest BCUT2D eigenvalue weighted by Gasteiger charge is 2.32. The highest BCUT2D eigenvalue weighted by Crippen LogP contribution is 2.32. The Hall–Kier alpha value is -1.27. The largest absolute Gasteiger partial charge is 0.391 e. The van der Waals surface area contributed by atoms with Crippen LogP contribution in [0.15, 0.2) is 22.9 Å². The monoisotopic (exact) mass is 237 g/mol. The Bertz CT molecular complexity index is 468. The van der Waals surface area contributed by atoms with Gasteiger partial charge in [-0.25, -0.2) is 0 Å². The van der Waals surface area contributed by atoms with Crippen molar-refractivity contribution in [3.8, 4) is 11.5 Å². The summed E-state index contributed by atoms with van der Waals surface area (Å²) in [6.07, 6.45) is 1.44. The van der Waals surface area contributed by atoms with E-state index in [2.05, 4.69) is 15.1 Å². The van der Waals surface area contributed by atoms with Gasteiger partial charge in [0.2, 0.25) is 11.7 Å². The van der Waals surface area contributed by atoms with Gasteiger partial charge in [-0.3, -0.25) is 0 Å². The van der Waals surface area contributed by atoms with Crippen LogP contribution in [0.1, 0.15) is 11.8 Å². The van der Waals surface area contributed by atoms with Gasteiger partial charge in [-0.1, -0.05) is 5.16 Å². The van der Waals surface area contributed by atoms with Crippen LogP contribution in [0.3, 0.4) is 0 Å². The Morgan fingerprint density at radius 2 is 2.44 bits per heavy atom. The van der Waals surface area contributed by atoms with Gasteiger partial charge in [0, 0.05) is 17.7 Å². The topological polar surface area (TPSA) is 74.9 Å². The molecule has 3 rings (SSSR count). The van der Waals surface area contributed by atoms with Crippen LogP contribution < -0.4 is 0 Å². The molecule has 6 heteroatoms. The highest BCUT2D eigenvalue weighted by molar-refractivity contribution is 7.99. The number of hydrogen-bond acceptors (Lipinski definition) is 5. The molecule has 0 saturated carbocycles. The summed E-state index contributed by atoms with van der Waals surface area (Å²) in [7, 11) is 0. The molecular formula is C10H11N3O2S. The van der Waals surface area contributed by atoms with Crippen molar-refractivity contribution in [2.24, 2.45) is 0 Å². The van der Waals surface area contributed by atoms with Crippen LogP contribution in [-0.2, 0) is 0 Å². The van der Waals surface area contributed by atoms with Gasteiger partial charge in [-0.05, 0) is 12.1 Å². The van der Waals surface area contributed by atoms with Crippen molar-refractivity contribution < 1.29 is 9.63 Å². The molecule has 1 aliphatic heterocycles. The van der Waals surface area contributed by atoms with Gasteiger partial charge in [-0.2, -0.15) is 16.7 Å². The molecule has 2 unspecified atom stereocenters. The zero-order chi connectivity index (χ0) is 11.0. The number of aliphatic hydroxyl groups is 1. The average Bonchev–Trinajstić information content (AvgIpc) is 2.96. The molecule has 1 fully saturated rings. The van der Waals surface area contributed by atoms with Gasteiger partial charge in [-0.15, -0.1) is 0 Å². The van der Waals surface area contributed by atoms with Crippen molar-refractivity contribution in [3.63, 3.8) is 0 Å². The number of nitrogens with zero attached hydrogens (tertiary/aromatic N) is 2. The fourth-order valence-corrected chi connectivity index (χ4v) is 2.97. The van der Waals surface area contributed by atoms with Crippen LogP contribution in [0.4, 0.5) is 0 Å². The summed E-state index contributed by atoms with van der Waals surface area (Å²) in [5.41, 5.74) is 0.829. The second-order valence-corrected chi connectivity index (χ2v) is 4.83. The highest BCUT2D eigenvalue weighted by atomic mass is 32.2. The van der Waals surface area contributed by atoms with Crippen molar-refractivity contribution in [2.75, 3.05) is 11.5 Å². The molecule has 1 saturated heterocycles. The molecule has 0 radical (unpaired) electrons. The van der Waals surface area contributed by atoms with E-state index in [-0.39, 0.29) is 12.0 Å². The van der Waals surface area contributed by atoms with E-state index in [1.807, 2.05) is 18.3 Å². The van der Waals surface area contributed by atoms with Crippen LogP contribution >= 0.6 is 11.8 Å². The maximum atomic E-state index is 9.73. The molecule has 3 heterocycles. The van der Waals surface area contributed by atoms with E-state index >= 15 is 0 Å². The molecule has 84 valence electrons. The molecule has 2 N–H and O–H groups in total. The van der Waals surface area contributed by atoms with E-state index in [1.165, 1.54) is 0 Å². The second kappa shape index (κ2) is 3.95. The van der Waals surface area contributed by atoms with Gasteiger partial charge >= 0.3 is 0 Å². The molecule has 0 spiro atoms. The van der Waals surface area contributed by atoms with Crippen LogP contribution in [-0.4, -0.2) is 37.8 Å². The van der Waals surface area contributed by atoms with Gasteiger partial charge in [0.05, 0.1) is 17.7 Å². The summed E-state index contributed by atoms with van der Waals surface area (Å²) in [4.78, 5) is 7.32. The maximum absolute atomic E-state index is 9.73. The SMILES string of the molecule is OC1CSCC1c1nc(-c2ccc[nH]2)no1. The third-order valence-electron chi connectivity index (χ3n) is 2.65. The summed E-state index contributed by atoms with van der Waals surface area (Å²) < 4.78 is 5.19. The van der Waals surface area contributed by atoms with Gasteiger partial charge in [0.25, 0.3) is 0 Å². The van der Waals surface area contributed by atoms with E-state index in [4.69, 9.17) is 4.52 Å². The quantitative estimate of drug-likeness (QED) is 0.822. The molecule has 0 aromatic carbocycles. The van der Waals surface area contributed by atoms with Crippen molar-refractivity contribution in [2.45, 2.75) is 12.0 Å². The average molecular weight is 237 g/mol. The van der Waals surface area contributed by atoms with E-state index in [0.29, 0.717) is 11.7 Å². The molecule has 0 aliphatic carbocycles. The summed E-state index contributed by atoms with van der Waals surface area (Å²) in [5, 5.41) is 13.6. The number of aromatic amines is 1.